The summed E-state index contributed by atoms with van der Waals surface area (Å²) in [5.41, 5.74) is 5.20. The summed E-state index contributed by atoms with van der Waals surface area (Å²) in [4.78, 5) is 45.4. The fourth-order valence-electron chi connectivity index (χ4n) is 2.02. The van der Waals surface area contributed by atoms with Crippen molar-refractivity contribution in [3.63, 3.8) is 0 Å². The van der Waals surface area contributed by atoms with Crippen molar-refractivity contribution in [3.05, 3.63) is 68.7 Å². The monoisotopic (exact) mass is 391 g/mol. The van der Waals surface area contributed by atoms with Crippen LogP contribution in [-0.2, 0) is 9.53 Å². The first-order valence-electron chi connectivity index (χ1n) is 7.54. The first-order valence-corrected chi connectivity index (χ1v) is 7.92. The SMILES string of the molecule is C[C@@H](OC(=O)c1cc([N+](=O)[O-])ccc1Cl)C(=O)Nc1ccc(C(N)=O)cc1. The van der Waals surface area contributed by atoms with E-state index in [4.69, 9.17) is 22.1 Å². The van der Waals surface area contributed by atoms with E-state index in [2.05, 4.69) is 5.32 Å². The largest absolute Gasteiger partial charge is 0.449 e. The van der Waals surface area contributed by atoms with Crippen molar-refractivity contribution >= 4 is 40.8 Å². The summed E-state index contributed by atoms with van der Waals surface area (Å²) in [6.07, 6.45) is -1.20. The number of primary amides is 1. The normalized spacial score (nSPS) is 11.3. The summed E-state index contributed by atoms with van der Waals surface area (Å²) < 4.78 is 5.02. The van der Waals surface area contributed by atoms with E-state index in [0.29, 0.717) is 5.69 Å². The van der Waals surface area contributed by atoms with Gasteiger partial charge in [-0.3, -0.25) is 19.7 Å². The number of hydrogen-bond donors (Lipinski definition) is 2. The highest BCUT2D eigenvalue weighted by molar-refractivity contribution is 6.33. The molecule has 0 saturated heterocycles. The Morgan fingerprint density at radius 2 is 1.81 bits per heavy atom. The highest BCUT2D eigenvalue weighted by Gasteiger charge is 2.22. The number of carbonyl (C=O) groups is 3. The lowest BCUT2D eigenvalue weighted by atomic mass is 10.2. The van der Waals surface area contributed by atoms with Gasteiger partial charge in [0, 0.05) is 23.4 Å². The van der Waals surface area contributed by atoms with Crippen molar-refractivity contribution in [1.82, 2.24) is 0 Å². The molecule has 0 saturated carbocycles. The van der Waals surface area contributed by atoms with Gasteiger partial charge in [0.15, 0.2) is 6.10 Å². The molecule has 0 unspecified atom stereocenters. The van der Waals surface area contributed by atoms with E-state index in [1.807, 2.05) is 0 Å². The molecule has 10 heteroatoms. The fourth-order valence-corrected chi connectivity index (χ4v) is 2.22. The Labute approximate surface area is 158 Å². The lowest BCUT2D eigenvalue weighted by Crippen LogP contribution is -2.30. The van der Waals surface area contributed by atoms with Gasteiger partial charge in [-0.25, -0.2) is 4.79 Å². The average Bonchev–Trinajstić information content (AvgIpc) is 2.62. The van der Waals surface area contributed by atoms with Crippen LogP contribution >= 0.6 is 11.6 Å². The molecule has 0 aliphatic rings. The third-order valence-corrected chi connectivity index (χ3v) is 3.80. The van der Waals surface area contributed by atoms with Gasteiger partial charge in [0.1, 0.15) is 0 Å². The summed E-state index contributed by atoms with van der Waals surface area (Å²) >= 11 is 5.87. The summed E-state index contributed by atoms with van der Waals surface area (Å²) in [6, 6.07) is 9.09. The van der Waals surface area contributed by atoms with E-state index in [0.717, 1.165) is 12.1 Å². The second-order valence-electron chi connectivity index (χ2n) is 5.40. The van der Waals surface area contributed by atoms with Gasteiger partial charge in [0.05, 0.1) is 15.5 Å². The van der Waals surface area contributed by atoms with Crippen LogP contribution in [-0.4, -0.2) is 28.8 Å². The van der Waals surface area contributed by atoms with Crippen molar-refractivity contribution in [2.24, 2.45) is 5.73 Å². The lowest BCUT2D eigenvalue weighted by molar-refractivity contribution is -0.384. The van der Waals surface area contributed by atoms with Gasteiger partial charge in [0.25, 0.3) is 11.6 Å². The third kappa shape index (κ3) is 5.02. The number of halogens is 1. The van der Waals surface area contributed by atoms with Crippen LogP contribution in [0.1, 0.15) is 27.6 Å². The molecule has 0 radical (unpaired) electrons. The molecule has 2 rings (SSSR count). The molecule has 0 bridgehead atoms. The maximum Gasteiger partial charge on any atom is 0.340 e. The first-order chi connectivity index (χ1) is 12.7. The molecule has 9 nitrogen and oxygen atoms in total. The molecule has 1 atom stereocenters. The zero-order chi connectivity index (χ0) is 20.1. The minimum atomic E-state index is -1.20. The van der Waals surface area contributed by atoms with Crippen molar-refractivity contribution < 1.29 is 24.0 Å². The quantitative estimate of drug-likeness (QED) is 0.440. The average molecular weight is 392 g/mol. The number of anilines is 1. The van der Waals surface area contributed by atoms with Gasteiger partial charge in [0.2, 0.25) is 5.91 Å². The maximum atomic E-state index is 12.2. The number of esters is 1. The van der Waals surface area contributed by atoms with Gasteiger partial charge in [-0.2, -0.15) is 0 Å². The van der Waals surface area contributed by atoms with Gasteiger partial charge in [-0.05, 0) is 37.3 Å². The van der Waals surface area contributed by atoms with Crippen molar-refractivity contribution in [2.45, 2.75) is 13.0 Å². The Balaban J connectivity index is 2.05. The predicted octanol–water partition coefficient (Wildman–Crippen LogP) is 2.53. The van der Waals surface area contributed by atoms with Gasteiger partial charge < -0.3 is 15.8 Å². The molecule has 2 aromatic carbocycles. The summed E-state index contributed by atoms with van der Waals surface area (Å²) in [5, 5.41) is 13.3. The molecular formula is C17H14ClN3O6. The summed E-state index contributed by atoms with van der Waals surface area (Å²) in [5.74, 6) is -2.23. The van der Waals surface area contributed by atoms with Crippen LogP contribution < -0.4 is 11.1 Å². The minimum absolute atomic E-state index is 0.0414. The van der Waals surface area contributed by atoms with Crippen LogP contribution in [0, 0.1) is 10.1 Å². The van der Waals surface area contributed by atoms with Gasteiger partial charge >= 0.3 is 5.97 Å². The van der Waals surface area contributed by atoms with Gasteiger partial charge in [-0.1, -0.05) is 11.6 Å². The molecule has 3 N–H and O–H groups in total. The Hall–Kier alpha value is -3.46. The molecule has 2 aromatic rings. The van der Waals surface area contributed by atoms with E-state index in [-0.39, 0.29) is 21.8 Å². The highest BCUT2D eigenvalue weighted by Crippen LogP contribution is 2.23. The Morgan fingerprint density at radius 1 is 1.19 bits per heavy atom. The molecular weight excluding hydrogens is 378 g/mol. The van der Waals surface area contributed by atoms with Crippen molar-refractivity contribution in [3.8, 4) is 0 Å². The molecule has 0 aliphatic carbocycles. The zero-order valence-electron chi connectivity index (χ0n) is 14.0. The minimum Gasteiger partial charge on any atom is -0.449 e. The van der Waals surface area contributed by atoms with Crippen molar-refractivity contribution in [2.75, 3.05) is 5.32 Å². The van der Waals surface area contributed by atoms with E-state index in [1.165, 1.54) is 37.3 Å². The number of hydrogen-bond acceptors (Lipinski definition) is 6. The number of rotatable bonds is 6. The summed E-state index contributed by atoms with van der Waals surface area (Å²) in [7, 11) is 0. The van der Waals surface area contributed by atoms with Crippen LogP contribution in [0.15, 0.2) is 42.5 Å². The smallest absolute Gasteiger partial charge is 0.340 e. The van der Waals surface area contributed by atoms with E-state index < -0.39 is 28.8 Å². The number of nitrogens with two attached hydrogens (primary N) is 1. The maximum absolute atomic E-state index is 12.2. The number of nitro groups is 1. The number of carbonyl (C=O) groups excluding carboxylic acids is 3. The van der Waals surface area contributed by atoms with E-state index in [1.54, 1.807) is 0 Å². The van der Waals surface area contributed by atoms with Crippen LogP contribution in [0.5, 0.6) is 0 Å². The zero-order valence-corrected chi connectivity index (χ0v) is 14.7. The van der Waals surface area contributed by atoms with E-state index >= 15 is 0 Å². The van der Waals surface area contributed by atoms with E-state index in [9.17, 15) is 24.5 Å². The fraction of sp³-hybridized carbons (Fsp3) is 0.118. The Kier molecular flexibility index (Phi) is 6.09. The molecule has 2 amide bonds. The number of nitro benzene ring substituents is 1. The number of ether oxygens (including phenoxy) is 1. The van der Waals surface area contributed by atoms with Crippen molar-refractivity contribution in [1.29, 1.82) is 0 Å². The first kappa shape index (κ1) is 19.9. The van der Waals surface area contributed by atoms with Crippen LogP contribution in [0.25, 0.3) is 0 Å². The summed E-state index contributed by atoms with van der Waals surface area (Å²) in [6.45, 7) is 1.33. The van der Waals surface area contributed by atoms with Crippen LogP contribution in [0.2, 0.25) is 5.02 Å². The third-order valence-electron chi connectivity index (χ3n) is 3.47. The number of non-ortho nitro benzene ring substituents is 1. The second-order valence-corrected chi connectivity index (χ2v) is 5.81. The van der Waals surface area contributed by atoms with Gasteiger partial charge in [-0.15, -0.1) is 0 Å². The van der Waals surface area contributed by atoms with Crippen LogP contribution in [0.3, 0.4) is 0 Å². The van der Waals surface area contributed by atoms with Crippen LogP contribution in [0.4, 0.5) is 11.4 Å². The molecule has 27 heavy (non-hydrogen) atoms. The molecule has 0 heterocycles. The number of benzene rings is 2. The predicted molar refractivity (Wildman–Crippen MR) is 96.6 cm³/mol. The Morgan fingerprint density at radius 3 is 2.37 bits per heavy atom. The second kappa shape index (κ2) is 8.28. The topological polar surface area (TPSA) is 142 Å². The highest BCUT2D eigenvalue weighted by atomic mass is 35.5. The lowest BCUT2D eigenvalue weighted by Gasteiger charge is -2.14. The molecule has 0 aliphatic heterocycles. The molecule has 0 aromatic heterocycles. The standard InChI is InChI=1S/C17H14ClN3O6/c1-9(16(23)20-11-4-2-10(3-5-11)15(19)22)27-17(24)13-8-12(21(25)26)6-7-14(13)18/h2-9H,1H3,(H2,19,22)(H,20,23)/t9-/m1/s1. The number of nitrogens with zero attached hydrogens (tertiary/aromatic N) is 1. The molecule has 140 valence electrons. The molecule has 0 fully saturated rings. The number of nitrogens with one attached hydrogen (secondary N) is 1. The molecule has 0 spiro atoms. The number of amides is 2. The Bertz CT molecular complexity index is 913.